The number of carbonyl (C=O) groups is 2. The van der Waals surface area contributed by atoms with Crippen molar-refractivity contribution >= 4 is 11.8 Å². The van der Waals surface area contributed by atoms with Gasteiger partial charge in [0.25, 0.3) is 0 Å². The maximum absolute atomic E-state index is 13.4. The highest BCUT2D eigenvalue weighted by atomic mass is 16.8. The zero-order valence-electron chi connectivity index (χ0n) is 62.0. The van der Waals surface area contributed by atoms with E-state index in [9.17, 15) is 102 Å². The van der Waals surface area contributed by atoms with E-state index in [1.165, 1.54) is 103 Å². The third-order valence-corrected chi connectivity index (χ3v) is 20.8. The second kappa shape index (κ2) is 48.5. The van der Waals surface area contributed by atoms with Crippen LogP contribution in [0, 0.1) is 0 Å². The van der Waals surface area contributed by atoms with Crippen LogP contribution < -0.4 is 10.6 Å². The molecule has 0 radical (unpaired) electrons. The van der Waals surface area contributed by atoms with E-state index >= 15 is 0 Å². The van der Waals surface area contributed by atoms with Crippen LogP contribution in [-0.2, 0) is 66.4 Å². The van der Waals surface area contributed by atoms with Crippen LogP contribution in [0.25, 0.3) is 0 Å². The van der Waals surface area contributed by atoms with E-state index in [4.69, 9.17) is 56.8 Å². The number of hydrogen-bond acceptors (Lipinski definition) is 32. The predicted molar refractivity (Wildman–Crippen MR) is 372 cm³/mol. The Balaban J connectivity index is 1.05. The highest BCUT2D eigenvalue weighted by molar-refractivity contribution is 5.76. The molecule has 620 valence electrons. The minimum Gasteiger partial charge on any atom is -0.394 e. The molecule has 34 nitrogen and oxygen atoms in total. The van der Waals surface area contributed by atoms with E-state index in [1.807, 2.05) is 6.08 Å². The van der Waals surface area contributed by atoms with Crippen molar-refractivity contribution in [2.75, 3.05) is 39.6 Å². The minimum absolute atomic E-state index is 0.190. The standard InChI is InChI=1S/C72H130N2O32/c1-5-7-9-11-13-15-17-19-21-23-25-27-29-31-42(81)41(74-48(82)32-30-28-26-24-22-20-18-16-14-12-10-8-6-2)38-95-69-57(90)54(87)62(45(35-77)99-69)104-71-59(92)56(89)63(47(37-79)101-71)105-70-58(91)55(88)61(46(36-78)100-70)103-68-49(73-40(4)80)64(51(84)43(33-75)97-68)106-72-60(93)65(52(85)44(34-76)98-72)102-66-53(86)50(83)39(3)96-67(66)94/h29,31,39,41-47,49-72,75-79,81,83-94H,5-28,30,32-38H2,1-4H3,(H,73,80)(H,74,82)/b31-29+/t39?,41-,42+,43?,44?,45?,46?,47?,49?,50+,51-,52-,53?,54+,55+,56+,57?,58?,59?,60?,61-,62+,63-,64+,65-,66-,67+,68-,69+,70-,71-,72-/m0/s1. The zero-order valence-corrected chi connectivity index (χ0v) is 62.0. The summed E-state index contributed by atoms with van der Waals surface area (Å²) in [5, 5.41) is 205. The molecule has 0 aromatic rings. The van der Waals surface area contributed by atoms with Gasteiger partial charge < -0.3 is 159 Å². The molecule has 6 aliphatic rings. The molecule has 6 fully saturated rings. The largest absolute Gasteiger partial charge is 0.394 e. The van der Waals surface area contributed by atoms with Gasteiger partial charge in [-0.2, -0.15) is 0 Å². The van der Waals surface area contributed by atoms with E-state index < -0.39 is 242 Å². The topological polar surface area (TPSA) is 533 Å². The number of hydrogen-bond donors (Lipinski definition) is 20. The van der Waals surface area contributed by atoms with Gasteiger partial charge in [0.15, 0.2) is 37.7 Å². The molecule has 12 unspecified atom stereocenters. The van der Waals surface area contributed by atoms with Crippen LogP contribution in [0.5, 0.6) is 0 Å². The van der Waals surface area contributed by atoms with E-state index in [0.29, 0.717) is 12.8 Å². The molecular weight excluding hydrogens is 1400 g/mol. The lowest BCUT2D eigenvalue weighted by Crippen LogP contribution is -2.70. The summed E-state index contributed by atoms with van der Waals surface area (Å²) in [6.45, 7) is 1.40. The SMILES string of the molecule is CCCCCCCCCCCCC/C=C/[C@@H](O)[C@H](CO[C@@H]1OC(CO)[C@@H](O[C@@H]2OC(CO)[C@H](O[C@@H]3OC(CO)[C@H](O[C@@H]4OC(CO)[C@H](O)[C@H](O[C@@H]5OC(CO)[C@H](O)[C@H](O[C@H]6C(O)[C@H](O)C(C)O[C@H]6O)C5O)C4NC(C)=O)[C@H](O)C3O)[C@H](O)C2O)[C@H](O)C1O)NC(=O)CCCCCCCCCCCCCCC. The Hall–Kier alpha value is -2.52. The Bertz CT molecular complexity index is 2410. The summed E-state index contributed by atoms with van der Waals surface area (Å²) in [7, 11) is 0. The maximum Gasteiger partial charge on any atom is 0.220 e. The highest BCUT2D eigenvalue weighted by Gasteiger charge is 2.58. The van der Waals surface area contributed by atoms with Crippen molar-refractivity contribution in [3.8, 4) is 0 Å². The van der Waals surface area contributed by atoms with Gasteiger partial charge in [0.05, 0.1) is 57.9 Å². The molecule has 0 saturated carbocycles. The van der Waals surface area contributed by atoms with Gasteiger partial charge in [0.2, 0.25) is 11.8 Å². The zero-order chi connectivity index (χ0) is 77.6. The van der Waals surface area contributed by atoms with Gasteiger partial charge in [-0.25, -0.2) is 0 Å². The van der Waals surface area contributed by atoms with Gasteiger partial charge in [-0.15, -0.1) is 0 Å². The molecule has 0 bridgehead atoms. The Morgan fingerprint density at radius 3 is 1.22 bits per heavy atom. The van der Waals surface area contributed by atoms with Crippen LogP contribution in [0.2, 0.25) is 0 Å². The first-order valence-corrected chi connectivity index (χ1v) is 38.8. The highest BCUT2D eigenvalue weighted by Crippen LogP contribution is 2.38. The van der Waals surface area contributed by atoms with Crippen molar-refractivity contribution in [3.63, 3.8) is 0 Å². The number of allylic oxidation sites excluding steroid dienone is 1. The Kier molecular flexibility index (Phi) is 42.3. The molecule has 6 heterocycles. The molecule has 6 saturated heterocycles. The average Bonchev–Trinajstić information content (AvgIpc) is 0.785. The fourth-order valence-electron chi connectivity index (χ4n) is 14.4. The number of amides is 2. The lowest BCUT2D eigenvalue weighted by atomic mass is 9.94. The molecule has 32 atom stereocenters. The number of rotatable bonds is 48. The third kappa shape index (κ3) is 27.1. The molecule has 106 heavy (non-hydrogen) atoms. The molecule has 0 aromatic carbocycles. The number of nitrogens with one attached hydrogen (secondary N) is 2. The normalized spacial score (nSPS) is 38.7. The Morgan fingerprint density at radius 1 is 0.396 bits per heavy atom. The maximum atomic E-state index is 13.4. The van der Waals surface area contributed by atoms with E-state index in [-0.39, 0.29) is 12.3 Å². The molecule has 0 aliphatic carbocycles. The summed E-state index contributed by atoms with van der Waals surface area (Å²) in [4.78, 5) is 26.3. The van der Waals surface area contributed by atoms with E-state index in [1.54, 1.807) is 6.08 Å². The van der Waals surface area contributed by atoms with E-state index in [0.717, 1.165) is 58.3 Å². The van der Waals surface area contributed by atoms with Crippen LogP contribution in [0.3, 0.4) is 0 Å². The van der Waals surface area contributed by atoms with Crippen LogP contribution in [0.15, 0.2) is 12.2 Å². The first-order chi connectivity index (χ1) is 50.9. The van der Waals surface area contributed by atoms with Crippen molar-refractivity contribution < 1.29 is 158 Å². The summed E-state index contributed by atoms with van der Waals surface area (Å²) in [5.41, 5.74) is 0. The van der Waals surface area contributed by atoms with E-state index in [2.05, 4.69) is 24.5 Å². The monoisotopic (exact) mass is 1530 g/mol. The number of carbonyl (C=O) groups excluding carboxylic acids is 2. The summed E-state index contributed by atoms with van der Waals surface area (Å²) in [5.74, 6) is -1.18. The fraction of sp³-hybridized carbons (Fsp3) is 0.944. The van der Waals surface area contributed by atoms with Crippen molar-refractivity contribution in [2.45, 2.75) is 391 Å². The second-order valence-corrected chi connectivity index (χ2v) is 29.2. The van der Waals surface area contributed by atoms with Gasteiger partial charge in [-0.3, -0.25) is 9.59 Å². The number of aliphatic hydroxyl groups excluding tert-OH is 18. The fourth-order valence-corrected chi connectivity index (χ4v) is 14.4. The lowest BCUT2D eigenvalue weighted by molar-refractivity contribution is -0.389. The number of unbranched alkanes of at least 4 members (excludes halogenated alkanes) is 23. The third-order valence-electron chi connectivity index (χ3n) is 20.8. The summed E-state index contributed by atoms with van der Waals surface area (Å²) in [6.07, 6.45) is -23.7. The second-order valence-electron chi connectivity index (χ2n) is 29.2. The van der Waals surface area contributed by atoms with Crippen LogP contribution in [0.1, 0.15) is 195 Å². The van der Waals surface area contributed by atoms with Gasteiger partial charge in [-0.1, -0.05) is 167 Å². The van der Waals surface area contributed by atoms with Crippen LogP contribution in [0.4, 0.5) is 0 Å². The smallest absolute Gasteiger partial charge is 0.220 e. The van der Waals surface area contributed by atoms with Crippen molar-refractivity contribution in [1.29, 1.82) is 0 Å². The molecule has 6 aliphatic heterocycles. The Morgan fingerprint density at radius 2 is 0.764 bits per heavy atom. The van der Waals surface area contributed by atoms with Crippen LogP contribution >= 0.6 is 0 Å². The predicted octanol–water partition coefficient (Wildman–Crippen LogP) is -2.32. The average molecular weight is 1540 g/mol. The number of aliphatic hydroxyl groups is 18. The molecule has 0 spiro atoms. The number of ether oxygens (including phenoxy) is 12. The first kappa shape index (κ1) is 92.3. The molecule has 0 aromatic heterocycles. The van der Waals surface area contributed by atoms with Gasteiger partial charge >= 0.3 is 0 Å². The van der Waals surface area contributed by atoms with Crippen molar-refractivity contribution in [3.05, 3.63) is 12.2 Å². The molecule has 6 rings (SSSR count). The Labute approximate surface area is 621 Å². The van der Waals surface area contributed by atoms with Gasteiger partial charge in [0, 0.05) is 13.3 Å². The van der Waals surface area contributed by atoms with Gasteiger partial charge in [-0.05, 0) is 26.2 Å². The summed E-state index contributed by atoms with van der Waals surface area (Å²) in [6, 6.07) is -2.81. The first-order valence-electron chi connectivity index (χ1n) is 38.8. The molecular formula is C72H130N2O32. The summed E-state index contributed by atoms with van der Waals surface area (Å²) >= 11 is 0. The molecule has 34 heteroatoms. The van der Waals surface area contributed by atoms with Crippen LogP contribution in [-0.4, -0.2) is 340 Å². The van der Waals surface area contributed by atoms with Crippen molar-refractivity contribution in [2.24, 2.45) is 0 Å². The molecule has 20 N–H and O–H groups in total. The van der Waals surface area contributed by atoms with Crippen molar-refractivity contribution in [1.82, 2.24) is 10.6 Å². The lowest BCUT2D eigenvalue weighted by Gasteiger charge is -2.50. The molecule has 2 amide bonds. The minimum atomic E-state index is -2.24. The van der Waals surface area contributed by atoms with Gasteiger partial charge in [0.1, 0.15) is 140 Å². The summed E-state index contributed by atoms with van der Waals surface area (Å²) < 4.78 is 69.9. The quantitative estimate of drug-likeness (QED) is 0.0225.